The number of methoxy groups -OCH3 is 2. The Kier molecular flexibility index (Phi) is 5.46. The minimum Gasteiger partial charge on any atom is -0.493 e. The highest BCUT2D eigenvalue weighted by atomic mass is 16.5. The lowest BCUT2D eigenvalue weighted by Gasteiger charge is -2.14. The van der Waals surface area contributed by atoms with Crippen LogP contribution in [-0.4, -0.2) is 26.7 Å². The van der Waals surface area contributed by atoms with Crippen molar-refractivity contribution in [3.05, 3.63) is 47.5 Å². The molecule has 0 fully saturated rings. The van der Waals surface area contributed by atoms with Gasteiger partial charge in [0.1, 0.15) is 0 Å². The molecule has 0 saturated carbocycles. The highest BCUT2D eigenvalue weighted by Gasteiger charge is 2.12. The second-order valence-electron chi connectivity index (χ2n) is 5.15. The zero-order chi connectivity index (χ0) is 16.8. The van der Waals surface area contributed by atoms with Crippen LogP contribution in [0, 0.1) is 13.8 Å². The van der Waals surface area contributed by atoms with Gasteiger partial charge in [-0.2, -0.15) is 0 Å². The molecule has 0 aromatic heterocycles. The van der Waals surface area contributed by atoms with Crippen LogP contribution in [0.3, 0.4) is 0 Å². The van der Waals surface area contributed by atoms with Crippen molar-refractivity contribution in [2.45, 2.75) is 13.8 Å². The molecule has 23 heavy (non-hydrogen) atoms. The molecule has 0 saturated heterocycles. The Morgan fingerprint density at radius 2 is 1.78 bits per heavy atom. The van der Waals surface area contributed by atoms with Crippen molar-refractivity contribution in [3.63, 3.8) is 0 Å². The monoisotopic (exact) mass is 315 g/mol. The molecule has 0 spiro atoms. The minimum absolute atomic E-state index is 0.114. The maximum Gasteiger partial charge on any atom is 0.262 e. The van der Waals surface area contributed by atoms with Gasteiger partial charge in [-0.25, -0.2) is 0 Å². The van der Waals surface area contributed by atoms with Crippen LogP contribution in [0.15, 0.2) is 36.4 Å². The van der Waals surface area contributed by atoms with Crippen LogP contribution < -0.4 is 19.5 Å². The Hall–Kier alpha value is -2.69. The van der Waals surface area contributed by atoms with E-state index < -0.39 is 0 Å². The molecule has 0 aliphatic heterocycles. The SMILES string of the molecule is COc1cccc(OCC(=O)Nc2cc(C)ccc2C)c1OC. The largest absolute Gasteiger partial charge is 0.493 e. The van der Waals surface area contributed by atoms with Gasteiger partial charge in [-0.05, 0) is 43.2 Å². The fraction of sp³-hybridized carbons (Fsp3) is 0.278. The number of benzene rings is 2. The van der Waals surface area contributed by atoms with Crippen molar-refractivity contribution in [1.29, 1.82) is 0 Å². The number of anilines is 1. The van der Waals surface area contributed by atoms with Crippen LogP contribution in [0.4, 0.5) is 5.69 Å². The molecular weight excluding hydrogens is 294 g/mol. The Labute approximate surface area is 136 Å². The van der Waals surface area contributed by atoms with E-state index in [1.807, 2.05) is 32.0 Å². The zero-order valence-corrected chi connectivity index (χ0v) is 13.8. The standard InChI is InChI=1S/C18H21NO4/c1-12-8-9-13(2)14(10-12)19-17(20)11-23-16-7-5-6-15(21-3)18(16)22-4/h5-10H,11H2,1-4H3,(H,19,20). The molecule has 0 aliphatic carbocycles. The summed E-state index contributed by atoms with van der Waals surface area (Å²) in [7, 11) is 3.08. The first-order valence-electron chi connectivity index (χ1n) is 7.26. The number of aryl methyl sites for hydroxylation is 2. The summed E-state index contributed by atoms with van der Waals surface area (Å²) in [6, 6.07) is 11.2. The molecule has 2 rings (SSSR count). The Balaban J connectivity index is 2.03. The molecule has 1 amide bonds. The van der Waals surface area contributed by atoms with Gasteiger partial charge in [0.15, 0.2) is 18.1 Å². The van der Waals surface area contributed by atoms with Crippen LogP contribution in [0.5, 0.6) is 17.2 Å². The van der Waals surface area contributed by atoms with Crippen molar-refractivity contribution in [2.24, 2.45) is 0 Å². The van der Waals surface area contributed by atoms with Crippen LogP contribution in [0.2, 0.25) is 0 Å². The van der Waals surface area contributed by atoms with E-state index in [2.05, 4.69) is 5.32 Å². The molecule has 0 atom stereocenters. The van der Waals surface area contributed by atoms with Gasteiger partial charge >= 0.3 is 0 Å². The molecule has 122 valence electrons. The van der Waals surface area contributed by atoms with Gasteiger partial charge in [-0.3, -0.25) is 4.79 Å². The molecule has 5 nitrogen and oxygen atoms in total. The van der Waals surface area contributed by atoms with Gasteiger partial charge in [-0.1, -0.05) is 18.2 Å². The van der Waals surface area contributed by atoms with Gasteiger partial charge in [0, 0.05) is 5.69 Å². The van der Waals surface area contributed by atoms with Crippen LogP contribution >= 0.6 is 0 Å². The van der Waals surface area contributed by atoms with Crippen molar-refractivity contribution in [3.8, 4) is 17.2 Å². The number of hydrogen-bond acceptors (Lipinski definition) is 4. The van der Waals surface area contributed by atoms with Crippen molar-refractivity contribution in [1.82, 2.24) is 0 Å². The molecule has 5 heteroatoms. The third kappa shape index (κ3) is 4.16. The molecule has 0 radical (unpaired) electrons. The number of nitrogens with one attached hydrogen (secondary N) is 1. The predicted octanol–water partition coefficient (Wildman–Crippen LogP) is 3.34. The first kappa shape index (κ1) is 16.7. The molecule has 0 heterocycles. The lowest BCUT2D eigenvalue weighted by atomic mass is 10.1. The molecular formula is C18H21NO4. The summed E-state index contributed by atoms with van der Waals surface area (Å²) in [5.74, 6) is 1.25. The lowest BCUT2D eigenvalue weighted by Crippen LogP contribution is -2.21. The summed E-state index contributed by atoms with van der Waals surface area (Å²) >= 11 is 0. The first-order valence-corrected chi connectivity index (χ1v) is 7.26. The molecule has 2 aromatic carbocycles. The highest BCUT2D eigenvalue weighted by molar-refractivity contribution is 5.92. The average molecular weight is 315 g/mol. The number of para-hydroxylation sites is 1. The number of carbonyl (C=O) groups is 1. The molecule has 1 N–H and O–H groups in total. The maximum atomic E-state index is 12.1. The fourth-order valence-electron chi connectivity index (χ4n) is 2.17. The topological polar surface area (TPSA) is 56.8 Å². The first-order chi connectivity index (χ1) is 11.0. The van der Waals surface area contributed by atoms with E-state index in [9.17, 15) is 4.79 Å². The smallest absolute Gasteiger partial charge is 0.262 e. The van der Waals surface area contributed by atoms with E-state index in [-0.39, 0.29) is 12.5 Å². The van der Waals surface area contributed by atoms with Gasteiger partial charge in [0.2, 0.25) is 5.75 Å². The maximum absolute atomic E-state index is 12.1. The summed E-state index contributed by atoms with van der Waals surface area (Å²) in [4.78, 5) is 12.1. The minimum atomic E-state index is -0.233. The highest BCUT2D eigenvalue weighted by Crippen LogP contribution is 2.36. The van der Waals surface area contributed by atoms with Crippen LogP contribution in [-0.2, 0) is 4.79 Å². The third-order valence-electron chi connectivity index (χ3n) is 3.39. The van der Waals surface area contributed by atoms with Gasteiger partial charge < -0.3 is 19.5 Å². The van der Waals surface area contributed by atoms with Crippen LogP contribution in [0.25, 0.3) is 0 Å². The van der Waals surface area contributed by atoms with E-state index >= 15 is 0 Å². The summed E-state index contributed by atoms with van der Waals surface area (Å²) in [5.41, 5.74) is 2.88. The molecule has 0 aliphatic rings. The van der Waals surface area contributed by atoms with Crippen LogP contribution in [0.1, 0.15) is 11.1 Å². The average Bonchev–Trinajstić information content (AvgIpc) is 2.55. The van der Waals surface area contributed by atoms with Crippen molar-refractivity contribution >= 4 is 11.6 Å². The Morgan fingerprint density at radius 3 is 2.48 bits per heavy atom. The summed E-state index contributed by atoms with van der Waals surface area (Å²) in [6.45, 7) is 3.81. The number of amides is 1. The van der Waals surface area contributed by atoms with Crippen molar-refractivity contribution < 1.29 is 19.0 Å². The second-order valence-corrected chi connectivity index (χ2v) is 5.15. The second kappa shape index (κ2) is 7.54. The van der Waals surface area contributed by atoms with Gasteiger partial charge in [0.05, 0.1) is 14.2 Å². The molecule has 0 unspecified atom stereocenters. The van der Waals surface area contributed by atoms with E-state index in [0.29, 0.717) is 17.2 Å². The van der Waals surface area contributed by atoms with Crippen molar-refractivity contribution in [2.75, 3.05) is 26.1 Å². The van der Waals surface area contributed by atoms with Gasteiger partial charge in [-0.15, -0.1) is 0 Å². The Bertz CT molecular complexity index is 697. The Morgan fingerprint density at radius 1 is 1.04 bits per heavy atom. The summed E-state index contributed by atoms with van der Waals surface area (Å²) in [5, 5.41) is 2.85. The number of ether oxygens (including phenoxy) is 3. The van der Waals surface area contributed by atoms with E-state index in [4.69, 9.17) is 14.2 Å². The van der Waals surface area contributed by atoms with E-state index in [0.717, 1.165) is 16.8 Å². The van der Waals surface area contributed by atoms with Gasteiger partial charge in [0.25, 0.3) is 5.91 Å². The molecule has 2 aromatic rings. The predicted molar refractivity (Wildman–Crippen MR) is 89.6 cm³/mol. The molecule has 0 bridgehead atoms. The third-order valence-corrected chi connectivity index (χ3v) is 3.39. The summed E-state index contributed by atoms with van der Waals surface area (Å²) < 4.78 is 16.0. The normalized spacial score (nSPS) is 10.1. The zero-order valence-electron chi connectivity index (χ0n) is 13.8. The number of rotatable bonds is 6. The number of carbonyl (C=O) groups excluding carboxylic acids is 1. The fourth-order valence-corrected chi connectivity index (χ4v) is 2.17. The van der Waals surface area contributed by atoms with E-state index in [1.165, 1.54) is 7.11 Å². The quantitative estimate of drug-likeness (QED) is 0.888. The summed E-state index contributed by atoms with van der Waals surface area (Å²) in [6.07, 6.45) is 0. The number of hydrogen-bond donors (Lipinski definition) is 1. The van der Waals surface area contributed by atoms with E-state index in [1.54, 1.807) is 25.3 Å². The lowest BCUT2D eigenvalue weighted by molar-refractivity contribution is -0.118.